The molecule has 0 N–H and O–H groups in total. The van der Waals surface area contributed by atoms with E-state index in [0.717, 1.165) is 99.6 Å². The van der Waals surface area contributed by atoms with E-state index >= 15 is 0 Å². The number of nitrogens with zero attached hydrogens (tertiary/aromatic N) is 6. The molecule has 0 amide bonds. The van der Waals surface area contributed by atoms with Crippen molar-refractivity contribution >= 4 is 87.2 Å². The zero-order chi connectivity index (χ0) is 49.0. The number of aromatic nitrogens is 4. The van der Waals surface area contributed by atoms with Crippen LogP contribution in [0.25, 0.3) is 132 Å². The van der Waals surface area contributed by atoms with E-state index < -0.39 is 0 Å². The fourth-order valence-electron chi connectivity index (χ4n) is 12.0. The van der Waals surface area contributed by atoms with Gasteiger partial charge in [-0.1, -0.05) is 133 Å². The van der Waals surface area contributed by atoms with E-state index in [-0.39, 0.29) is 0 Å². The first-order valence-electron chi connectivity index (χ1n) is 24.9. The maximum atomic E-state index is 10.6. The molecule has 15 rings (SSSR count). The van der Waals surface area contributed by atoms with E-state index in [9.17, 15) is 10.5 Å². The van der Waals surface area contributed by atoms with Crippen molar-refractivity contribution in [2.45, 2.75) is 0 Å². The molecule has 6 nitrogen and oxygen atoms in total. The Balaban J connectivity index is 0.914. The summed E-state index contributed by atoms with van der Waals surface area (Å²) in [6.07, 6.45) is 0. The molecule has 0 aliphatic heterocycles. The van der Waals surface area contributed by atoms with E-state index in [4.69, 9.17) is 0 Å². The van der Waals surface area contributed by atoms with Gasteiger partial charge in [0.2, 0.25) is 0 Å². The minimum Gasteiger partial charge on any atom is -0.309 e. The summed E-state index contributed by atoms with van der Waals surface area (Å²) < 4.78 is 9.25. The molecule has 0 aliphatic carbocycles. The van der Waals surface area contributed by atoms with Crippen LogP contribution in [0.4, 0.5) is 0 Å². The van der Waals surface area contributed by atoms with E-state index in [0.29, 0.717) is 11.1 Å². The van der Waals surface area contributed by atoms with Gasteiger partial charge in [-0.2, -0.15) is 10.5 Å². The molecule has 4 heterocycles. The number of fused-ring (bicyclic) bond motifs is 12. The second-order valence-corrected chi connectivity index (χ2v) is 19.1. The van der Waals surface area contributed by atoms with Gasteiger partial charge < -0.3 is 18.3 Å². The van der Waals surface area contributed by atoms with Crippen LogP contribution in [0, 0.1) is 22.7 Å². The minimum atomic E-state index is 0.323. The van der Waals surface area contributed by atoms with Crippen LogP contribution in [0.5, 0.6) is 0 Å². The molecule has 0 saturated heterocycles. The molecule has 74 heavy (non-hydrogen) atoms. The summed E-state index contributed by atoms with van der Waals surface area (Å²) in [5, 5.41) is 30.4. The summed E-state index contributed by atoms with van der Waals surface area (Å²) in [4.78, 5) is 0. The largest absolute Gasteiger partial charge is 0.309 e. The average Bonchev–Trinajstić information content (AvgIpc) is 4.23. The summed E-state index contributed by atoms with van der Waals surface area (Å²) in [6.45, 7) is 0. The first kappa shape index (κ1) is 41.4. The van der Waals surface area contributed by atoms with Gasteiger partial charge >= 0.3 is 0 Å². The van der Waals surface area contributed by atoms with Crippen molar-refractivity contribution in [3.63, 3.8) is 0 Å². The van der Waals surface area contributed by atoms with Gasteiger partial charge in [-0.05, 0) is 131 Å². The van der Waals surface area contributed by atoms with Crippen molar-refractivity contribution in [3.8, 4) is 57.1 Å². The third-order valence-corrected chi connectivity index (χ3v) is 15.2. The lowest BCUT2D eigenvalue weighted by molar-refractivity contribution is 1.09. The van der Waals surface area contributed by atoms with Gasteiger partial charge in [-0.25, -0.2) is 0 Å². The molecule has 0 fully saturated rings. The standard InChI is InChI=1S/C68H40N6/c69-41-47-39-67(73-61-25-13-9-21-53(61)57-37-45(29-33-65(57)73)43-27-31-63-55(35-43)51-19-7-11-23-59(51)71(63)49-15-3-1-4-16-49)68(40-48(47)42-70)74-62-26-14-10-22-54(62)58-38-46(30-34-66(58)74)44-28-32-64-56(36-44)52-20-8-12-24-60(52)72(64)50-17-5-2-6-18-50/h1-40H. The van der Waals surface area contributed by atoms with E-state index in [1.165, 1.54) is 32.6 Å². The Morgan fingerprint density at radius 1 is 0.230 bits per heavy atom. The predicted molar refractivity (Wildman–Crippen MR) is 304 cm³/mol. The topological polar surface area (TPSA) is 67.3 Å². The number of rotatable bonds is 6. The quantitative estimate of drug-likeness (QED) is 0.167. The zero-order valence-corrected chi connectivity index (χ0v) is 39.8. The fraction of sp³-hybridized carbons (Fsp3) is 0. The molecule has 342 valence electrons. The molecular weight excluding hydrogens is 901 g/mol. The second-order valence-electron chi connectivity index (χ2n) is 19.1. The Hall–Kier alpha value is -10.4. The number of benzene rings is 11. The van der Waals surface area contributed by atoms with Crippen LogP contribution >= 0.6 is 0 Å². The summed E-state index contributed by atoms with van der Waals surface area (Å²) in [6, 6.07) is 91.0. The molecule has 0 radical (unpaired) electrons. The first-order valence-corrected chi connectivity index (χ1v) is 24.9. The molecule has 11 aromatic carbocycles. The molecule has 0 atom stereocenters. The van der Waals surface area contributed by atoms with Gasteiger partial charge in [0.1, 0.15) is 12.1 Å². The van der Waals surface area contributed by atoms with Gasteiger partial charge in [0, 0.05) is 54.5 Å². The van der Waals surface area contributed by atoms with Crippen LogP contribution in [0.2, 0.25) is 0 Å². The molecule has 0 saturated carbocycles. The van der Waals surface area contributed by atoms with Crippen molar-refractivity contribution in [1.29, 1.82) is 10.5 Å². The van der Waals surface area contributed by atoms with Gasteiger partial charge in [-0.3, -0.25) is 0 Å². The Morgan fingerprint density at radius 3 is 0.797 bits per heavy atom. The van der Waals surface area contributed by atoms with Gasteiger partial charge in [-0.15, -0.1) is 0 Å². The van der Waals surface area contributed by atoms with Crippen molar-refractivity contribution in [2.24, 2.45) is 0 Å². The number of hydrogen-bond acceptors (Lipinski definition) is 2. The lowest BCUT2D eigenvalue weighted by Gasteiger charge is -2.18. The molecule has 6 heteroatoms. The van der Waals surface area contributed by atoms with Crippen molar-refractivity contribution in [1.82, 2.24) is 18.3 Å². The Morgan fingerprint density at radius 2 is 0.486 bits per heavy atom. The molecular formula is C68H40N6. The zero-order valence-electron chi connectivity index (χ0n) is 39.8. The second kappa shape index (κ2) is 16.1. The van der Waals surface area contributed by atoms with Crippen molar-refractivity contribution < 1.29 is 0 Å². The van der Waals surface area contributed by atoms with Crippen LogP contribution in [-0.4, -0.2) is 18.3 Å². The van der Waals surface area contributed by atoms with Crippen LogP contribution in [0.1, 0.15) is 11.1 Å². The predicted octanol–water partition coefficient (Wildman–Crippen LogP) is 17.2. The Bertz CT molecular complexity index is 4600. The fourth-order valence-corrected chi connectivity index (χ4v) is 12.0. The van der Waals surface area contributed by atoms with E-state index in [1.54, 1.807) is 0 Å². The van der Waals surface area contributed by atoms with Crippen LogP contribution in [0.15, 0.2) is 243 Å². The Kier molecular flexibility index (Phi) is 8.99. The molecule has 15 aromatic rings. The summed E-state index contributed by atoms with van der Waals surface area (Å²) in [7, 11) is 0. The maximum absolute atomic E-state index is 10.6. The molecule has 0 unspecified atom stereocenters. The number of para-hydroxylation sites is 6. The molecule has 0 spiro atoms. The van der Waals surface area contributed by atoms with Crippen LogP contribution in [0.3, 0.4) is 0 Å². The minimum absolute atomic E-state index is 0.323. The molecule has 0 aliphatic rings. The van der Waals surface area contributed by atoms with E-state index in [1.807, 2.05) is 12.1 Å². The lowest BCUT2D eigenvalue weighted by Crippen LogP contribution is -2.05. The van der Waals surface area contributed by atoms with Gasteiger partial charge in [0.25, 0.3) is 0 Å². The number of nitriles is 2. The highest BCUT2D eigenvalue weighted by molar-refractivity contribution is 6.15. The summed E-state index contributed by atoms with van der Waals surface area (Å²) >= 11 is 0. The van der Waals surface area contributed by atoms with Crippen molar-refractivity contribution in [3.05, 3.63) is 254 Å². The summed E-state index contributed by atoms with van der Waals surface area (Å²) in [5.74, 6) is 0. The Labute approximate surface area is 424 Å². The monoisotopic (exact) mass is 940 g/mol. The third kappa shape index (κ3) is 6.04. The highest BCUT2D eigenvalue weighted by atomic mass is 15.1. The highest BCUT2D eigenvalue weighted by Crippen LogP contribution is 2.43. The lowest BCUT2D eigenvalue weighted by atomic mass is 10.0. The normalized spacial score (nSPS) is 11.8. The van der Waals surface area contributed by atoms with Crippen LogP contribution in [-0.2, 0) is 0 Å². The molecule has 0 bridgehead atoms. The van der Waals surface area contributed by atoms with Gasteiger partial charge in [0.15, 0.2) is 0 Å². The average molecular weight is 941 g/mol. The van der Waals surface area contributed by atoms with E-state index in [2.05, 4.69) is 261 Å². The van der Waals surface area contributed by atoms with Crippen LogP contribution < -0.4 is 0 Å². The third-order valence-electron chi connectivity index (χ3n) is 15.2. The maximum Gasteiger partial charge on any atom is 0.101 e. The smallest absolute Gasteiger partial charge is 0.101 e. The SMILES string of the molecule is N#Cc1cc(-n2c3ccccc3c3cc(-c4ccc5c(c4)c4ccccc4n5-c4ccccc4)ccc32)c(-n2c3ccccc3c3cc(-c4ccc5c(c4)c4ccccc4n5-c4ccccc4)ccc32)cc1C#N. The van der Waals surface area contributed by atoms with Crippen molar-refractivity contribution in [2.75, 3.05) is 0 Å². The number of hydrogen-bond donors (Lipinski definition) is 0. The molecule has 4 aromatic heterocycles. The highest BCUT2D eigenvalue weighted by Gasteiger charge is 2.23. The summed E-state index contributed by atoms with van der Waals surface area (Å²) in [5.41, 5.74) is 17.7. The first-order chi connectivity index (χ1) is 36.6. The van der Waals surface area contributed by atoms with Gasteiger partial charge in [0.05, 0.1) is 66.6 Å².